The molecule has 1 aromatic heterocycles. The number of aromatic nitrogens is 2. The predicted molar refractivity (Wildman–Crippen MR) is 62.2 cm³/mol. The molecule has 5 nitrogen and oxygen atoms in total. The normalized spacial score (nSPS) is 23.8. The van der Waals surface area contributed by atoms with E-state index in [-0.39, 0.29) is 11.7 Å². The van der Waals surface area contributed by atoms with Gasteiger partial charge in [0.05, 0.1) is 24.1 Å². The zero-order valence-corrected chi connectivity index (χ0v) is 10.1. The number of halogens is 1. The highest BCUT2D eigenvalue weighted by Crippen LogP contribution is 2.23. The summed E-state index contributed by atoms with van der Waals surface area (Å²) >= 11 is 0. The van der Waals surface area contributed by atoms with Gasteiger partial charge in [0.1, 0.15) is 0 Å². The van der Waals surface area contributed by atoms with E-state index in [1.165, 1.54) is 12.4 Å². The Balaban J connectivity index is 2.17. The lowest BCUT2D eigenvalue weighted by atomic mass is 10.1. The highest BCUT2D eigenvalue weighted by molar-refractivity contribution is 5.30. The topological polar surface area (TPSA) is 64.3 Å². The SMILES string of the molecule is CC1(C)CN(c2ncc(F)cn2)CC(CN)O1. The van der Waals surface area contributed by atoms with Crippen LogP contribution in [0, 0.1) is 5.82 Å². The number of rotatable bonds is 2. The van der Waals surface area contributed by atoms with E-state index in [0.29, 0.717) is 25.6 Å². The van der Waals surface area contributed by atoms with Crippen LogP contribution >= 0.6 is 0 Å². The third kappa shape index (κ3) is 2.89. The molecule has 2 N–H and O–H groups in total. The van der Waals surface area contributed by atoms with Gasteiger partial charge in [0.2, 0.25) is 5.95 Å². The van der Waals surface area contributed by atoms with Crippen molar-refractivity contribution in [1.82, 2.24) is 9.97 Å². The third-order valence-electron chi connectivity index (χ3n) is 2.63. The van der Waals surface area contributed by atoms with Crippen LogP contribution in [-0.4, -0.2) is 41.3 Å². The van der Waals surface area contributed by atoms with Crippen LogP contribution in [-0.2, 0) is 4.74 Å². The second-order valence-electron chi connectivity index (χ2n) is 4.82. The quantitative estimate of drug-likeness (QED) is 0.818. The first-order chi connectivity index (χ1) is 8.00. The number of nitrogens with two attached hydrogens (primary N) is 1. The van der Waals surface area contributed by atoms with Gasteiger partial charge in [-0.1, -0.05) is 0 Å². The van der Waals surface area contributed by atoms with Crippen LogP contribution in [0.3, 0.4) is 0 Å². The molecule has 0 saturated carbocycles. The molecule has 0 aromatic carbocycles. The van der Waals surface area contributed by atoms with Crippen LogP contribution in [0.2, 0.25) is 0 Å². The van der Waals surface area contributed by atoms with Gasteiger partial charge in [-0.05, 0) is 13.8 Å². The first-order valence-corrected chi connectivity index (χ1v) is 5.60. The highest BCUT2D eigenvalue weighted by Gasteiger charge is 2.33. The average Bonchev–Trinajstić information content (AvgIpc) is 2.27. The Morgan fingerprint density at radius 3 is 2.76 bits per heavy atom. The number of morpholine rings is 1. The maximum Gasteiger partial charge on any atom is 0.225 e. The van der Waals surface area contributed by atoms with Gasteiger partial charge in [-0.2, -0.15) is 0 Å². The Kier molecular flexibility index (Phi) is 3.26. The summed E-state index contributed by atoms with van der Waals surface area (Å²) in [7, 11) is 0. The summed E-state index contributed by atoms with van der Waals surface area (Å²) in [5.74, 6) is 0.0814. The minimum atomic E-state index is -0.434. The Bertz CT molecular complexity index is 382. The fraction of sp³-hybridized carbons (Fsp3) is 0.636. The fourth-order valence-corrected chi connectivity index (χ4v) is 2.04. The molecule has 1 aliphatic rings. The summed E-state index contributed by atoms with van der Waals surface area (Å²) in [6.45, 7) is 5.72. The maximum atomic E-state index is 12.8. The predicted octanol–water partition coefficient (Wildman–Crippen LogP) is 0.558. The Morgan fingerprint density at radius 2 is 2.18 bits per heavy atom. The van der Waals surface area contributed by atoms with Crippen molar-refractivity contribution >= 4 is 5.95 Å². The summed E-state index contributed by atoms with van der Waals surface area (Å²) < 4.78 is 18.6. The first-order valence-electron chi connectivity index (χ1n) is 5.60. The summed E-state index contributed by atoms with van der Waals surface area (Å²) in [5, 5.41) is 0. The molecule has 17 heavy (non-hydrogen) atoms. The molecule has 94 valence electrons. The lowest BCUT2D eigenvalue weighted by Gasteiger charge is -2.42. The molecule has 2 rings (SSSR count). The van der Waals surface area contributed by atoms with Crippen molar-refractivity contribution in [3.05, 3.63) is 18.2 Å². The number of hydrogen-bond acceptors (Lipinski definition) is 5. The molecule has 6 heteroatoms. The number of ether oxygens (including phenoxy) is 1. The van der Waals surface area contributed by atoms with E-state index >= 15 is 0 Å². The van der Waals surface area contributed by atoms with Crippen molar-refractivity contribution in [2.24, 2.45) is 5.73 Å². The Labute approximate surface area is 99.8 Å². The van der Waals surface area contributed by atoms with Gasteiger partial charge >= 0.3 is 0 Å². The maximum absolute atomic E-state index is 12.8. The Hall–Kier alpha value is -1.27. The fourth-order valence-electron chi connectivity index (χ4n) is 2.04. The molecule has 1 atom stereocenters. The zero-order valence-electron chi connectivity index (χ0n) is 10.1. The van der Waals surface area contributed by atoms with E-state index < -0.39 is 5.82 Å². The molecule has 0 spiro atoms. The molecule has 2 heterocycles. The Morgan fingerprint density at radius 1 is 1.53 bits per heavy atom. The van der Waals surface area contributed by atoms with Crippen molar-refractivity contribution in [3.8, 4) is 0 Å². The van der Waals surface area contributed by atoms with Crippen molar-refractivity contribution < 1.29 is 9.13 Å². The van der Waals surface area contributed by atoms with Crippen LogP contribution in [0.5, 0.6) is 0 Å². The van der Waals surface area contributed by atoms with Crippen molar-refractivity contribution in [2.75, 3.05) is 24.5 Å². The van der Waals surface area contributed by atoms with Crippen LogP contribution in [0.1, 0.15) is 13.8 Å². The lowest BCUT2D eigenvalue weighted by molar-refractivity contribution is -0.0792. The molecule has 0 aliphatic carbocycles. The second kappa shape index (κ2) is 4.54. The first kappa shape index (κ1) is 12.2. The molecule has 0 radical (unpaired) electrons. The molecular weight excluding hydrogens is 223 g/mol. The summed E-state index contributed by atoms with van der Waals surface area (Å²) in [4.78, 5) is 9.93. The van der Waals surface area contributed by atoms with Crippen molar-refractivity contribution in [1.29, 1.82) is 0 Å². The second-order valence-corrected chi connectivity index (χ2v) is 4.82. The largest absolute Gasteiger partial charge is 0.367 e. The minimum absolute atomic E-state index is 0.0487. The number of hydrogen-bond donors (Lipinski definition) is 1. The summed E-state index contributed by atoms with van der Waals surface area (Å²) in [6, 6.07) is 0. The molecule has 1 saturated heterocycles. The number of nitrogens with zero attached hydrogens (tertiary/aromatic N) is 3. The summed E-state index contributed by atoms with van der Waals surface area (Å²) in [5.41, 5.74) is 5.33. The van der Waals surface area contributed by atoms with Crippen molar-refractivity contribution in [2.45, 2.75) is 25.6 Å². The minimum Gasteiger partial charge on any atom is -0.367 e. The molecule has 1 aromatic rings. The monoisotopic (exact) mass is 240 g/mol. The molecule has 1 fully saturated rings. The van der Waals surface area contributed by atoms with E-state index in [1.54, 1.807) is 0 Å². The molecular formula is C11H17FN4O. The van der Waals surface area contributed by atoms with Gasteiger partial charge < -0.3 is 15.4 Å². The number of anilines is 1. The molecule has 1 unspecified atom stereocenters. The van der Waals surface area contributed by atoms with Crippen LogP contribution in [0.25, 0.3) is 0 Å². The molecule has 1 aliphatic heterocycles. The van der Waals surface area contributed by atoms with Gasteiger partial charge in [-0.3, -0.25) is 0 Å². The van der Waals surface area contributed by atoms with Crippen LogP contribution in [0.15, 0.2) is 12.4 Å². The van der Waals surface area contributed by atoms with E-state index in [4.69, 9.17) is 10.5 Å². The van der Waals surface area contributed by atoms with Gasteiger partial charge in [0.25, 0.3) is 0 Å². The molecule has 0 amide bonds. The summed E-state index contributed by atoms with van der Waals surface area (Å²) in [6.07, 6.45) is 2.29. The van der Waals surface area contributed by atoms with E-state index in [9.17, 15) is 4.39 Å². The van der Waals surface area contributed by atoms with Crippen molar-refractivity contribution in [3.63, 3.8) is 0 Å². The van der Waals surface area contributed by atoms with Gasteiger partial charge in [-0.15, -0.1) is 0 Å². The highest BCUT2D eigenvalue weighted by atomic mass is 19.1. The molecule has 0 bridgehead atoms. The van der Waals surface area contributed by atoms with Crippen LogP contribution in [0.4, 0.5) is 10.3 Å². The van der Waals surface area contributed by atoms with E-state index in [0.717, 1.165) is 0 Å². The smallest absolute Gasteiger partial charge is 0.225 e. The zero-order chi connectivity index (χ0) is 12.5. The van der Waals surface area contributed by atoms with Gasteiger partial charge in [0.15, 0.2) is 5.82 Å². The van der Waals surface area contributed by atoms with E-state index in [2.05, 4.69) is 9.97 Å². The van der Waals surface area contributed by atoms with E-state index in [1.807, 2.05) is 18.7 Å². The van der Waals surface area contributed by atoms with Gasteiger partial charge in [-0.25, -0.2) is 14.4 Å². The average molecular weight is 240 g/mol. The third-order valence-corrected chi connectivity index (χ3v) is 2.63. The standard InChI is InChI=1S/C11H17FN4O/c1-11(2)7-16(6-9(3-13)17-11)10-14-4-8(12)5-15-10/h4-5,9H,3,6-7,13H2,1-2H3. The lowest BCUT2D eigenvalue weighted by Crippen LogP contribution is -2.55. The van der Waals surface area contributed by atoms with Gasteiger partial charge in [0, 0.05) is 19.6 Å². The van der Waals surface area contributed by atoms with Crippen LogP contribution < -0.4 is 10.6 Å².